The van der Waals surface area contributed by atoms with Gasteiger partial charge >= 0.3 is 17.6 Å². The zero-order valence-electron chi connectivity index (χ0n) is 16.2. The van der Waals surface area contributed by atoms with Crippen molar-refractivity contribution in [3.05, 3.63) is 27.8 Å². The van der Waals surface area contributed by atoms with Gasteiger partial charge in [0.05, 0.1) is 36.0 Å². The Labute approximate surface area is 161 Å². The molecule has 0 radical (unpaired) electrons. The van der Waals surface area contributed by atoms with E-state index in [4.69, 9.17) is 9.47 Å². The largest absolute Gasteiger partial charge is 0.487 e. The molecule has 10 nitrogen and oxygen atoms in total. The number of aliphatic imine (C=N–C) groups is 1. The number of nitro groups is 1. The number of nitro benzene ring substituents is 1. The van der Waals surface area contributed by atoms with E-state index >= 15 is 0 Å². The second-order valence-electron chi connectivity index (χ2n) is 6.44. The molecule has 28 heavy (non-hydrogen) atoms. The molecule has 0 saturated heterocycles. The van der Waals surface area contributed by atoms with Crippen molar-refractivity contribution in [2.24, 2.45) is 10.9 Å². The van der Waals surface area contributed by atoms with Crippen LogP contribution in [0.2, 0.25) is 0 Å². The van der Waals surface area contributed by atoms with Crippen molar-refractivity contribution < 1.29 is 28.7 Å². The second kappa shape index (κ2) is 9.45. The number of esters is 2. The first-order valence-corrected chi connectivity index (χ1v) is 8.24. The van der Waals surface area contributed by atoms with E-state index in [-0.39, 0.29) is 23.6 Å². The lowest BCUT2D eigenvalue weighted by atomic mass is 10.1. The minimum Gasteiger partial charge on any atom is -0.487 e. The summed E-state index contributed by atoms with van der Waals surface area (Å²) in [5.41, 5.74) is -1.50. The number of nitriles is 1. The van der Waals surface area contributed by atoms with Gasteiger partial charge in [0.25, 0.3) is 0 Å². The number of hydrogen-bond acceptors (Lipinski definition) is 9. The monoisotopic (exact) mass is 391 g/mol. The van der Waals surface area contributed by atoms with Crippen LogP contribution in [0.15, 0.2) is 17.1 Å². The van der Waals surface area contributed by atoms with Crippen molar-refractivity contribution in [3.8, 4) is 11.8 Å². The van der Waals surface area contributed by atoms with Crippen LogP contribution in [-0.2, 0) is 14.3 Å². The molecule has 0 saturated carbocycles. The Kier molecular flexibility index (Phi) is 7.62. The van der Waals surface area contributed by atoms with Gasteiger partial charge in [-0.15, -0.1) is 0 Å². The van der Waals surface area contributed by atoms with E-state index in [0.717, 1.165) is 19.4 Å². The summed E-state index contributed by atoms with van der Waals surface area (Å²) in [6.45, 7) is 6.72. The van der Waals surface area contributed by atoms with Gasteiger partial charge in [-0.3, -0.25) is 19.9 Å². The average molecular weight is 391 g/mol. The normalized spacial score (nSPS) is 12.1. The van der Waals surface area contributed by atoms with Crippen LogP contribution in [0.4, 0.5) is 11.4 Å². The van der Waals surface area contributed by atoms with Crippen LogP contribution in [-0.4, -0.2) is 42.4 Å². The Morgan fingerprint density at radius 1 is 1.39 bits per heavy atom. The van der Waals surface area contributed by atoms with E-state index in [1.54, 1.807) is 33.8 Å². The van der Waals surface area contributed by atoms with E-state index in [2.05, 4.69) is 9.73 Å². The molecule has 1 aromatic carbocycles. The summed E-state index contributed by atoms with van der Waals surface area (Å²) in [6, 6.07) is 3.89. The number of ether oxygens (including phenoxy) is 3. The van der Waals surface area contributed by atoms with Crippen molar-refractivity contribution in [2.75, 3.05) is 13.7 Å². The number of carbonyl (C=O) groups excluding carboxylic acids is 2. The molecule has 0 amide bonds. The summed E-state index contributed by atoms with van der Waals surface area (Å²) >= 11 is 0. The van der Waals surface area contributed by atoms with Crippen LogP contribution in [0.25, 0.3) is 0 Å². The van der Waals surface area contributed by atoms with E-state index in [0.29, 0.717) is 0 Å². The molecule has 0 aliphatic heterocycles. The topological polar surface area (TPSA) is 141 Å². The smallest absolute Gasteiger partial charge is 0.340 e. The molecule has 0 fully saturated rings. The highest BCUT2D eigenvalue weighted by Crippen LogP contribution is 2.35. The van der Waals surface area contributed by atoms with Gasteiger partial charge in [-0.1, -0.05) is 0 Å². The predicted octanol–water partition coefficient (Wildman–Crippen LogP) is 2.96. The van der Waals surface area contributed by atoms with Gasteiger partial charge in [-0.05, 0) is 27.7 Å². The number of rotatable bonds is 7. The third-order valence-electron chi connectivity index (χ3n) is 3.14. The van der Waals surface area contributed by atoms with E-state index in [9.17, 15) is 25.0 Å². The van der Waals surface area contributed by atoms with Gasteiger partial charge in [-0.25, -0.2) is 4.79 Å². The zero-order valence-corrected chi connectivity index (χ0v) is 16.2. The summed E-state index contributed by atoms with van der Waals surface area (Å²) in [5, 5.41) is 20.4. The van der Waals surface area contributed by atoms with Gasteiger partial charge < -0.3 is 14.2 Å². The van der Waals surface area contributed by atoms with Gasteiger partial charge in [0, 0.05) is 18.3 Å². The quantitative estimate of drug-likeness (QED) is 0.299. The molecule has 1 atom stereocenters. The first-order chi connectivity index (χ1) is 13.0. The third kappa shape index (κ3) is 6.05. The lowest BCUT2D eigenvalue weighted by molar-refractivity contribution is -0.385. The average Bonchev–Trinajstić information content (AvgIpc) is 2.60. The summed E-state index contributed by atoms with van der Waals surface area (Å²) in [4.78, 5) is 38.6. The molecule has 1 rings (SSSR count). The lowest BCUT2D eigenvalue weighted by Gasteiger charge is -2.20. The van der Waals surface area contributed by atoms with E-state index in [1.165, 1.54) is 6.07 Å². The first kappa shape index (κ1) is 22.6. The van der Waals surface area contributed by atoms with E-state index < -0.39 is 34.1 Å². The fourth-order valence-electron chi connectivity index (χ4n) is 2.02. The molecular formula is C18H21N3O7. The van der Waals surface area contributed by atoms with Crippen LogP contribution >= 0.6 is 0 Å². The maximum atomic E-state index is 12.1. The Balaban J connectivity index is 3.40. The molecule has 0 bridgehead atoms. The first-order valence-electron chi connectivity index (χ1n) is 8.24. The number of methoxy groups -OCH3 is 1. The molecule has 0 aliphatic carbocycles. The summed E-state index contributed by atoms with van der Waals surface area (Å²) in [6.07, 6.45) is 0.997. The molecule has 10 heteroatoms. The second-order valence-corrected chi connectivity index (χ2v) is 6.44. The summed E-state index contributed by atoms with van der Waals surface area (Å²) in [7, 11) is 1.11. The number of hydrogen-bond donors (Lipinski definition) is 0. The fraction of sp³-hybridized carbons (Fsp3) is 0.444. The number of benzene rings is 1. The van der Waals surface area contributed by atoms with Crippen LogP contribution in [0.5, 0.6) is 5.75 Å². The number of carbonyl (C=O) groups is 2. The van der Waals surface area contributed by atoms with Crippen molar-refractivity contribution in [1.82, 2.24) is 0 Å². The number of nitrogens with zero attached hydrogens (tertiary/aromatic N) is 3. The zero-order chi connectivity index (χ0) is 21.5. The summed E-state index contributed by atoms with van der Waals surface area (Å²) in [5.74, 6) is -3.14. The summed E-state index contributed by atoms with van der Waals surface area (Å²) < 4.78 is 15.0. The van der Waals surface area contributed by atoms with Crippen molar-refractivity contribution in [2.45, 2.75) is 33.3 Å². The molecular weight excluding hydrogens is 370 g/mol. The maximum absolute atomic E-state index is 12.1. The molecule has 0 N–H and O–H groups in total. The molecule has 1 aromatic rings. The molecule has 150 valence electrons. The predicted molar refractivity (Wildman–Crippen MR) is 98.7 cm³/mol. The third-order valence-corrected chi connectivity index (χ3v) is 3.14. The van der Waals surface area contributed by atoms with Gasteiger partial charge in [0.1, 0.15) is 5.60 Å². The van der Waals surface area contributed by atoms with Crippen molar-refractivity contribution in [3.63, 3.8) is 0 Å². The minimum atomic E-state index is -1.34. The van der Waals surface area contributed by atoms with E-state index in [1.807, 2.05) is 0 Å². The van der Waals surface area contributed by atoms with Gasteiger partial charge in [-0.2, -0.15) is 5.26 Å². The Morgan fingerprint density at radius 2 is 2.04 bits per heavy atom. The molecule has 0 aromatic heterocycles. The highest BCUT2D eigenvalue weighted by molar-refractivity contribution is 5.99. The maximum Gasteiger partial charge on any atom is 0.340 e. The standard InChI is InChI=1S/C18H21N3O7/c1-6-27-15-8-13(12(17(23)26-5)7-14(15)21(24)25)20-10-11(9-19)16(22)28-18(2,3)4/h7-8,10-11H,6H2,1-5H3. The SMILES string of the molecule is CCOc1cc(N=CC(C#N)C(=O)OC(C)(C)C)c(C(=O)OC)cc1[N+](=O)[O-]. The van der Waals surface area contributed by atoms with Crippen molar-refractivity contribution in [1.29, 1.82) is 5.26 Å². The lowest BCUT2D eigenvalue weighted by Crippen LogP contribution is -2.28. The molecule has 1 unspecified atom stereocenters. The van der Waals surface area contributed by atoms with Crippen LogP contribution in [0.1, 0.15) is 38.1 Å². The van der Waals surface area contributed by atoms with Crippen LogP contribution in [0.3, 0.4) is 0 Å². The van der Waals surface area contributed by atoms with Gasteiger partial charge in [0.15, 0.2) is 11.7 Å². The van der Waals surface area contributed by atoms with Crippen molar-refractivity contribution >= 4 is 29.5 Å². The fourth-order valence-corrected chi connectivity index (χ4v) is 2.02. The highest BCUT2D eigenvalue weighted by Gasteiger charge is 2.26. The molecule has 0 aliphatic rings. The molecule has 0 spiro atoms. The Hall–Kier alpha value is -3.48. The Bertz CT molecular complexity index is 835. The highest BCUT2D eigenvalue weighted by atomic mass is 16.6. The van der Waals surface area contributed by atoms with Gasteiger partial charge in [0.2, 0.25) is 0 Å². The minimum absolute atomic E-state index is 0.0512. The van der Waals surface area contributed by atoms with Crippen LogP contribution in [0, 0.1) is 27.4 Å². The van der Waals surface area contributed by atoms with Crippen LogP contribution < -0.4 is 4.74 Å². The molecule has 0 heterocycles. The Morgan fingerprint density at radius 3 is 2.50 bits per heavy atom.